The summed E-state index contributed by atoms with van der Waals surface area (Å²) >= 11 is 0. The normalized spacial score (nSPS) is 11.3. The Hall–Kier alpha value is -2.10. The maximum Gasteiger partial charge on any atom is 0.278 e. The molecule has 0 radical (unpaired) electrons. The van der Waals surface area contributed by atoms with Crippen LogP contribution in [0.5, 0.6) is 5.75 Å². The SMILES string of the molecule is COc1c(CC(C)C)nn(CC(C)C)c(=O)c1-c1ccccc1C. The number of ether oxygens (including phenoxy) is 1. The topological polar surface area (TPSA) is 44.1 Å². The third-order valence-electron chi connectivity index (χ3n) is 3.94. The fraction of sp³-hybridized carbons (Fsp3) is 0.500. The van der Waals surface area contributed by atoms with Gasteiger partial charge in [-0.25, -0.2) is 4.68 Å². The molecule has 4 nitrogen and oxygen atoms in total. The van der Waals surface area contributed by atoms with Gasteiger partial charge in [0, 0.05) is 6.54 Å². The number of benzene rings is 1. The van der Waals surface area contributed by atoms with Crippen molar-refractivity contribution < 1.29 is 4.74 Å². The molecule has 0 aliphatic carbocycles. The summed E-state index contributed by atoms with van der Waals surface area (Å²) in [5.41, 5.74) is 3.38. The highest BCUT2D eigenvalue weighted by Crippen LogP contribution is 2.32. The van der Waals surface area contributed by atoms with Crippen molar-refractivity contribution in [3.8, 4) is 16.9 Å². The second kappa shape index (κ2) is 7.65. The van der Waals surface area contributed by atoms with Gasteiger partial charge in [-0.2, -0.15) is 5.10 Å². The van der Waals surface area contributed by atoms with E-state index >= 15 is 0 Å². The van der Waals surface area contributed by atoms with E-state index in [1.165, 1.54) is 0 Å². The molecule has 0 saturated carbocycles. The van der Waals surface area contributed by atoms with Crippen LogP contribution in [-0.2, 0) is 13.0 Å². The summed E-state index contributed by atoms with van der Waals surface area (Å²) in [4.78, 5) is 13.1. The first-order valence-electron chi connectivity index (χ1n) is 8.59. The summed E-state index contributed by atoms with van der Waals surface area (Å²) in [7, 11) is 1.62. The third-order valence-corrected chi connectivity index (χ3v) is 3.94. The molecule has 0 N–H and O–H groups in total. The smallest absolute Gasteiger partial charge is 0.278 e. The standard InChI is InChI=1S/C20H28N2O2/c1-13(2)11-17-19(24-6)18(16-10-8-7-9-15(16)5)20(23)22(21-17)12-14(3)4/h7-10,13-14H,11-12H2,1-6H3. The summed E-state index contributed by atoms with van der Waals surface area (Å²) < 4.78 is 7.26. The Morgan fingerprint density at radius 1 is 1.12 bits per heavy atom. The second-order valence-corrected chi connectivity index (χ2v) is 7.15. The molecule has 1 heterocycles. The number of hydrogen-bond acceptors (Lipinski definition) is 3. The van der Waals surface area contributed by atoms with Crippen LogP contribution in [0.15, 0.2) is 29.1 Å². The first-order valence-corrected chi connectivity index (χ1v) is 8.59. The molecule has 1 aromatic carbocycles. The molecule has 1 aromatic heterocycles. The van der Waals surface area contributed by atoms with Crippen LogP contribution in [0.2, 0.25) is 0 Å². The summed E-state index contributed by atoms with van der Waals surface area (Å²) in [5, 5.41) is 4.62. The van der Waals surface area contributed by atoms with Gasteiger partial charge in [0.1, 0.15) is 5.69 Å². The highest BCUT2D eigenvalue weighted by molar-refractivity contribution is 5.73. The molecule has 0 aliphatic rings. The van der Waals surface area contributed by atoms with Gasteiger partial charge in [0.25, 0.3) is 5.56 Å². The largest absolute Gasteiger partial charge is 0.494 e. The van der Waals surface area contributed by atoms with Crippen LogP contribution < -0.4 is 10.3 Å². The molecule has 0 spiro atoms. The Balaban J connectivity index is 2.79. The average molecular weight is 328 g/mol. The lowest BCUT2D eigenvalue weighted by Gasteiger charge is -2.18. The predicted octanol–water partition coefficient (Wildman–Crippen LogP) is 4.08. The molecule has 0 fully saturated rings. The quantitative estimate of drug-likeness (QED) is 0.802. The van der Waals surface area contributed by atoms with Crippen LogP contribution in [0.3, 0.4) is 0 Å². The Morgan fingerprint density at radius 2 is 1.79 bits per heavy atom. The summed E-state index contributed by atoms with van der Waals surface area (Å²) in [6.07, 6.45) is 0.778. The van der Waals surface area contributed by atoms with Crippen LogP contribution in [0.1, 0.15) is 39.0 Å². The first kappa shape index (κ1) is 18.2. The lowest BCUT2D eigenvalue weighted by Crippen LogP contribution is -2.29. The number of aromatic nitrogens is 2. The van der Waals surface area contributed by atoms with Crippen LogP contribution >= 0.6 is 0 Å². The number of rotatable bonds is 6. The van der Waals surface area contributed by atoms with Gasteiger partial charge >= 0.3 is 0 Å². The average Bonchev–Trinajstić information content (AvgIpc) is 2.50. The minimum absolute atomic E-state index is 0.0812. The molecule has 0 atom stereocenters. The van der Waals surface area contributed by atoms with E-state index in [4.69, 9.17) is 4.74 Å². The maximum absolute atomic E-state index is 13.1. The van der Waals surface area contributed by atoms with Gasteiger partial charge in [-0.15, -0.1) is 0 Å². The van der Waals surface area contributed by atoms with Crippen molar-refractivity contribution in [2.45, 2.75) is 47.6 Å². The van der Waals surface area contributed by atoms with Crippen LogP contribution in [0.25, 0.3) is 11.1 Å². The fourth-order valence-corrected chi connectivity index (χ4v) is 2.91. The van der Waals surface area contributed by atoms with Crippen LogP contribution in [0, 0.1) is 18.8 Å². The highest BCUT2D eigenvalue weighted by Gasteiger charge is 2.21. The molecule has 4 heteroatoms. The Labute approximate surface area is 144 Å². The van der Waals surface area contributed by atoms with Crippen LogP contribution in [-0.4, -0.2) is 16.9 Å². The second-order valence-electron chi connectivity index (χ2n) is 7.15. The van der Waals surface area contributed by atoms with Crippen molar-refractivity contribution in [3.05, 3.63) is 45.9 Å². The van der Waals surface area contributed by atoms with Gasteiger partial charge in [-0.3, -0.25) is 4.79 Å². The zero-order valence-corrected chi connectivity index (χ0v) is 15.6. The zero-order chi connectivity index (χ0) is 17.9. The van der Waals surface area contributed by atoms with E-state index < -0.39 is 0 Å². The molecular formula is C20H28N2O2. The van der Waals surface area contributed by atoms with E-state index in [-0.39, 0.29) is 5.56 Å². The number of hydrogen-bond donors (Lipinski definition) is 0. The van der Waals surface area contributed by atoms with Gasteiger partial charge in [0.05, 0.1) is 12.7 Å². The van der Waals surface area contributed by atoms with Crippen LogP contribution in [0.4, 0.5) is 0 Å². The molecule has 0 bridgehead atoms. The lowest BCUT2D eigenvalue weighted by atomic mass is 9.98. The van der Waals surface area contributed by atoms with Crippen molar-refractivity contribution in [1.29, 1.82) is 0 Å². The molecule has 2 rings (SSSR count). The zero-order valence-electron chi connectivity index (χ0n) is 15.6. The lowest BCUT2D eigenvalue weighted by molar-refractivity contribution is 0.388. The maximum atomic E-state index is 13.1. The number of methoxy groups -OCH3 is 1. The first-order chi connectivity index (χ1) is 11.3. The fourth-order valence-electron chi connectivity index (χ4n) is 2.91. The van der Waals surface area contributed by atoms with Crippen molar-refractivity contribution in [2.75, 3.05) is 7.11 Å². The van der Waals surface area contributed by atoms with E-state index in [1.54, 1.807) is 11.8 Å². The molecule has 130 valence electrons. The van der Waals surface area contributed by atoms with Gasteiger partial charge in [-0.1, -0.05) is 52.0 Å². The summed E-state index contributed by atoms with van der Waals surface area (Å²) in [6, 6.07) is 7.93. The van der Waals surface area contributed by atoms with Gasteiger partial charge in [-0.05, 0) is 36.3 Å². The van der Waals surface area contributed by atoms with Crippen molar-refractivity contribution in [3.63, 3.8) is 0 Å². The monoisotopic (exact) mass is 328 g/mol. The number of nitrogens with zero attached hydrogens (tertiary/aromatic N) is 2. The molecule has 0 unspecified atom stereocenters. The van der Waals surface area contributed by atoms with Gasteiger partial charge in [0.15, 0.2) is 5.75 Å². The molecule has 24 heavy (non-hydrogen) atoms. The summed E-state index contributed by atoms with van der Waals surface area (Å²) in [6.45, 7) is 11.1. The summed E-state index contributed by atoms with van der Waals surface area (Å²) in [5.74, 6) is 1.39. The highest BCUT2D eigenvalue weighted by atomic mass is 16.5. The minimum atomic E-state index is -0.0812. The van der Waals surface area contributed by atoms with Gasteiger partial charge < -0.3 is 4.74 Å². The number of aryl methyl sites for hydroxylation is 1. The molecule has 2 aromatic rings. The van der Waals surface area contributed by atoms with Gasteiger partial charge in [0.2, 0.25) is 0 Å². The third kappa shape index (κ3) is 3.86. The van der Waals surface area contributed by atoms with E-state index in [0.717, 1.165) is 23.2 Å². The molecule has 0 aliphatic heterocycles. The molecular weight excluding hydrogens is 300 g/mol. The Kier molecular flexibility index (Phi) is 5.81. The van der Waals surface area contributed by atoms with E-state index in [1.807, 2.05) is 31.2 Å². The minimum Gasteiger partial charge on any atom is -0.494 e. The van der Waals surface area contributed by atoms with Crippen molar-refractivity contribution in [1.82, 2.24) is 9.78 Å². The Morgan fingerprint density at radius 3 is 2.33 bits per heavy atom. The van der Waals surface area contributed by atoms with E-state index in [0.29, 0.717) is 29.7 Å². The van der Waals surface area contributed by atoms with Crippen molar-refractivity contribution >= 4 is 0 Å². The Bertz CT molecular complexity index is 761. The molecule has 0 amide bonds. The molecule has 0 saturated heterocycles. The van der Waals surface area contributed by atoms with Crippen molar-refractivity contribution in [2.24, 2.45) is 11.8 Å². The van der Waals surface area contributed by atoms with E-state index in [2.05, 4.69) is 32.8 Å². The van der Waals surface area contributed by atoms with E-state index in [9.17, 15) is 4.79 Å². The predicted molar refractivity (Wildman–Crippen MR) is 98.6 cm³/mol.